The number of amides is 1. The van der Waals surface area contributed by atoms with Crippen molar-refractivity contribution in [3.8, 4) is 11.3 Å². The van der Waals surface area contributed by atoms with Crippen LogP contribution in [0.3, 0.4) is 0 Å². The molecule has 0 spiro atoms. The van der Waals surface area contributed by atoms with E-state index in [1.165, 1.54) is 43.1 Å². The standard InChI is InChI=1S/C31H37N3O4/c1-37-31(36)23-11-12-26-27(19-23)34-21-28(35)33(14-13-32-15-17-38-18-16-32)20-24-9-5-6-10-25(24)30(34)29(26)22-7-3-2-4-8-22/h5-6,9-12,19,22H,2-4,7-8,13-18,20-21H2,1H3. The second-order valence-corrected chi connectivity index (χ2v) is 10.8. The first-order valence-electron chi connectivity index (χ1n) is 14.0. The summed E-state index contributed by atoms with van der Waals surface area (Å²) >= 11 is 0. The molecule has 6 rings (SSSR count). The molecule has 2 fully saturated rings. The van der Waals surface area contributed by atoms with Crippen LogP contribution >= 0.6 is 0 Å². The third kappa shape index (κ3) is 4.74. The van der Waals surface area contributed by atoms with Crippen molar-refractivity contribution in [2.45, 2.75) is 51.1 Å². The molecule has 2 aliphatic heterocycles. The molecule has 7 nitrogen and oxygen atoms in total. The number of fused-ring (bicyclic) bond motifs is 5. The number of benzene rings is 2. The van der Waals surface area contributed by atoms with Gasteiger partial charge in [0.05, 0.1) is 37.1 Å². The molecular weight excluding hydrogens is 478 g/mol. The van der Waals surface area contributed by atoms with Gasteiger partial charge in [0, 0.05) is 43.7 Å². The molecule has 3 aromatic rings. The third-order valence-corrected chi connectivity index (χ3v) is 8.61. The van der Waals surface area contributed by atoms with Crippen molar-refractivity contribution in [1.82, 2.24) is 14.4 Å². The van der Waals surface area contributed by atoms with E-state index >= 15 is 0 Å². The van der Waals surface area contributed by atoms with Crippen LogP contribution in [-0.4, -0.2) is 72.7 Å². The van der Waals surface area contributed by atoms with Crippen LogP contribution < -0.4 is 0 Å². The zero-order valence-corrected chi connectivity index (χ0v) is 22.3. The number of morpholine rings is 1. The molecule has 0 bridgehead atoms. The van der Waals surface area contributed by atoms with Crippen molar-refractivity contribution in [2.24, 2.45) is 0 Å². The summed E-state index contributed by atoms with van der Waals surface area (Å²) in [5, 5.41) is 1.16. The molecule has 3 heterocycles. The van der Waals surface area contributed by atoms with Crippen molar-refractivity contribution >= 4 is 22.8 Å². The lowest BCUT2D eigenvalue weighted by atomic mass is 9.81. The van der Waals surface area contributed by atoms with Gasteiger partial charge in [0.2, 0.25) is 5.91 Å². The van der Waals surface area contributed by atoms with Crippen molar-refractivity contribution in [2.75, 3.05) is 46.5 Å². The highest BCUT2D eigenvalue weighted by atomic mass is 16.5. The molecule has 1 aliphatic carbocycles. The lowest BCUT2D eigenvalue weighted by Gasteiger charge is -2.32. The Hall–Kier alpha value is -3.16. The fourth-order valence-electron chi connectivity index (χ4n) is 6.59. The van der Waals surface area contributed by atoms with E-state index in [2.05, 4.69) is 39.8 Å². The first-order valence-corrected chi connectivity index (χ1v) is 14.0. The summed E-state index contributed by atoms with van der Waals surface area (Å²) in [4.78, 5) is 30.8. The van der Waals surface area contributed by atoms with Gasteiger partial charge in [0.15, 0.2) is 0 Å². The molecule has 1 saturated heterocycles. The molecule has 0 unspecified atom stereocenters. The fraction of sp³-hybridized carbons (Fsp3) is 0.484. The van der Waals surface area contributed by atoms with E-state index in [1.807, 2.05) is 17.0 Å². The van der Waals surface area contributed by atoms with Crippen molar-refractivity contribution in [1.29, 1.82) is 0 Å². The number of aromatic nitrogens is 1. The van der Waals surface area contributed by atoms with E-state index in [9.17, 15) is 9.59 Å². The third-order valence-electron chi connectivity index (χ3n) is 8.61. The van der Waals surface area contributed by atoms with Gasteiger partial charge in [-0.3, -0.25) is 9.69 Å². The van der Waals surface area contributed by atoms with Gasteiger partial charge in [-0.15, -0.1) is 0 Å². The van der Waals surface area contributed by atoms with Gasteiger partial charge in [-0.2, -0.15) is 0 Å². The number of carbonyl (C=O) groups is 2. The van der Waals surface area contributed by atoms with Gasteiger partial charge in [0.25, 0.3) is 0 Å². The summed E-state index contributed by atoms with van der Waals surface area (Å²) in [6.45, 7) is 5.72. The highest BCUT2D eigenvalue weighted by molar-refractivity contribution is 6.00. The number of hydrogen-bond donors (Lipinski definition) is 0. The fourth-order valence-corrected chi connectivity index (χ4v) is 6.59. The molecule has 0 N–H and O–H groups in total. The lowest BCUT2D eigenvalue weighted by Crippen LogP contribution is -2.44. The van der Waals surface area contributed by atoms with Crippen LogP contribution in [0.25, 0.3) is 22.2 Å². The van der Waals surface area contributed by atoms with Gasteiger partial charge in [-0.05, 0) is 42.0 Å². The van der Waals surface area contributed by atoms with Crippen LogP contribution in [0.4, 0.5) is 0 Å². The molecule has 38 heavy (non-hydrogen) atoms. The normalized spacial score (nSPS) is 19.1. The predicted molar refractivity (Wildman–Crippen MR) is 147 cm³/mol. The minimum absolute atomic E-state index is 0.115. The average Bonchev–Trinajstić information content (AvgIpc) is 3.27. The van der Waals surface area contributed by atoms with Gasteiger partial charge in [-0.1, -0.05) is 49.6 Å². The molecule has 200 valence electrons. The summed E-state index contributed by atoms with van der Waals surface area (Å²) in [7, 11) is 1.41. The highest BCUT2D eigenvalue weighted by Crippen LogP contribution is 2.45. The Labute approximate surface area is 224 Å². The maximum atomic E-state index is 13.9. The van der Waals surface area contributed by atoms with Gasteiger partial charge < -0.3 is 18.9 Å². The molecule has 1 aromatic heterocycles. The zero-order chi connectivity index (χ0) is 26.1. The predicted octanol–water partition coefficient (Wildman–Crippen LogP) is 4.82. The maximum absolute atomic E-state index is 13.9. The van der Waals surface area contributed by atoms with Crippen LogP contribution in [0.15, 0.2) is 42.5 Å². The topological polar surface area (TPSA) is 64.0 Å². The lowest BCUT2D eigenvalue weighted by molar-refractivity contribution is -0.132. The largest absolute Gasteiger partial charge is 0.465 e. The molecule has 0 radical (unpaired) electrons. The van der Waals surface area contributed by atoms with E-state index < -0.39 is 0 Å². The summed E-state index contributed by atoms with van der Waals surface area (Å²) in [5.74, 6) is 0.211. The molecule has 1 saturated carbocycles. The Morgan fingerprint density at radius 2 is 1.79 bits per heavy atom. The number of methoxy groups -OCH3 is 1. The quantitative estimate of drug-likeness (QED) is 0.456. The van der Waals surface area contributed by atoms with Crippen molar-refractivity contribution in [3.63, 3.8) is 0 Å². The first kappa shape index (κ1) is 25.1. The minimum atomic E-state index is -0.355. The van der Waals surface area contributed by atoms with Gasteiger partial charge in [0.1, 0.15) is 6.54 Å². The summed E-state index contributed by atoms with van der Waals surface area (Å²) in [5.41, 5.74) is 6.34. The van der Waals surface area contributed by atoms with E-state index in [0.29, 0.717) is 24.6 Å². The summed E-state index contributed by atoms with van der Waals surface area (Å²) < 4.78 is 12.7. The smallest absolute Gasteiger partial charge is 0.337 e. The Morgan fingerprint density at radius 1 is 1.00 bits per heavy atom. The second-order valence-electron chi connectivity index (χ2n) is 10.8. The van der Waals surface area contributed by atoms with Crippen LogP contribution in [0.2, 0.25) is 0 Å². The first-order chi connectivity index (χ1) is 18.6. The van der Waals surface area contributed by atoms with Gasteiger partial charge in [-0.25, -0.2) is 4.79 Å². The molecule has 1 amide bonds. The Balaban J connectivity index is 1.47. The van der Waals surface area contributed by atoms with E-state index in [-0.39, 0.29) is 18.4 Å². The summed E-state index contributed by atoms with van der Waals surface area (Å²) in [6.07, 6.45) is 6.06. The molecule has 3 aliphatic rings. The zero-order valence-electron chi connectivity index (χ0n) is 22.3. The number of rotatable bonds is 5. The number of hydrogen-bond acceptors (Lipinski definition) is 5. The molecular formula is C31H37N3O4. The molecule has 2 aromatic carbocycles. The molecule has 7 heteroatoms. The van der Waals surface area contributed by atoms with Crippen LogP contribution in [0.5, 0.6) is 0 Å². The van der Waals surface area contributed by atoms with Gasteiger partial charge >= 0.3 is 5.97 Å². The van der Waals surface area contributed by atoms with Crippen LogP contribution in [-0.2, 0) is 27.4 Å². The number of ether oxygens (including phenoxy) is 2. The molecule has 0 atom stereocenters. The second kappa shape index (κ2) is 10.9. The maximum Gasteiger partial charge on any atom is 0.337 e. The minimum Gasteiger partial charge on any atom is -0.465 e. The number of nitrogens with zero attached hydrogens (tertiary/aromatic N) is 3. The monoisotopic (exact) mass is 515 g/mol. The Morgan fingerprint density at radius 3 is 2.58 bits per heavy atom. The SMILES string of the molecule is COC(=O)c1ccc2c(C3CCCCC3)c3n(c2c1)CC(=O)N(CCN1CCOCC1)Cc1ccccc1-3. The van der Waals surface area contributed by atoms with Crippen molar-refractivity contribution in [3.05, 3.63) is 59.2 Å². The number of esters is 1. The Kier molecular flexibility index (Phi) is 7.22. The van der Waals surface area contributed by atoms with E-state index in [1.54, 1.807) is 0 Å². The van der Waals surface area contributed by atoms with Crippen molar-refractivity contribution < 1.29 is 19.1 Å². The van der Waals surface area contributed by atoms with E-state index in [4.69, 9.17) is 9.47 Å². The Bertz CT molecular complexity index is 1330. The highest BCUT2D eigenvalue weighted by Gasteiger charge is 2.31. The van der Waals surface area contributed by atoms with E-state index in [0.717, 1.165) is 62.3 Å². The summed E-state index contributed by atoms with van der Waals surface area (Å²) in [6, 6.07) is 14.4. The van der Waals surface area contributed by atoms with Crippen LogP contribution in [0, 0.1) is 0 Å². The average molecular weight is 516 g/mol. The number of carbonyl (C=O) groups excluding carboxylic acids is 2. The van der Waals surface area contributed by atoms with Crippen LogP contribution in [0.1, 0.15) is 59.5 Å².